The lowest BCUT2D eigenvalue weighted by Crippen LogP contribution is -2.16. The van der Waals surface area contributed by atoms with Crippen molar-refractivity contribution in [1.29, 1.82) is 0 Å². The Morgan fingerprint density at radius 2 is 1.85 bits per heavy atom. The molecule has 0 amide bonds. The first-order chi connectivity index (χ1) is 12.6. The van der Waals surface area contributed by atoms with E-state index in [4.69, 9.17) is 26.3 Å². The lowest BCUT2D eigenvalue weighted by Gasteiger charge is -2.18. The van der Waals surface area contributed by atoms with Crippen LogP contribution in [0.2, 0.25) is 5.02 Å². The van der Waals surface area contributed by atoms with Gasteiger partial charge in [0.1, 0.15) is 0 Å². The molecule has 0 bridgehead atoms. The van der Waals surface area contributed by atoms with Gasteiger partial charge in [0.25, 0.3) is 5.89 Å². The van der Waals surface area contributed by atoms with E-state index in [9.17, 15) is 0 Å². The number of nitrogens with zero attached hydrogens (tertiary/aromatic N) is 6. The zero-order valence-corrected chi connectivity index (χ0v) is 14.3. The summed E-state index contributed by atoms with van der Waals surface area (Å²) in [4.78, 5) is 18.5. The molecule has 10 heteroatoms. The molecular weight excluding hydrogens is 358 g/mol. The molecule has 0 aliphatic heterocycles. The summed E-state index contributed by atoms with van der Waals surface area (Å²) < 4.78 is 10.4. The van der Waals surface area contributed by atoms with E-state index in [1.807, 2.05) is 18.2 Å². The fraction of sp³-hybridized carbons (Fsp3) is 0.0625. The van der Waals surface area contributed by atoms with Crippen LogP contribution in [0.3, 0.4) is 0 Å². The van der Waals surface area contributed by atoms with E-state index in [1.54, 1.807) is 30.1 Å². The molecule has 0 atom stereocenters. The Bertz CT molecular complexity index is 1050. The van der Waals surface area contributed by atoms with Crippen molar-refractivity contribution >= 4 is 29.2 Å². The summed E-state index contributed by atoms with van der Waals surface area (Å²) in [5.41, 5.74) is 6.54. The predicted octanol–water partition coefficient (Wildman–Crippen LogP) is 3.19. The van der Waals surface area contributed by atoms with Crippen LogP contribution < -0.4 is 10.6 Å². The highest BCUT2D eigenvalue weighted by Crippen LogP contribution is 2.29. The van der Waals surface area contributed by atoms with E-state index in [-0.39, 0.29) is 23.5 Å². The summed E-state index contributed by atoms with van der Waals surface area (Å²) in [6.07, 6.45) is 1.51. The third kappa shape index (κ3) is 2.95. The number of benzene rings is 1. The van der Waals surface area contributed by atoms with Gasteiger partial charge in [0.2, 0.25) is 23.5 Å². The van der Waals surface area contributed by atoms with Crippen LogP contribution in [-0.4, -0.2) is 32.1 Å². The average molecular weight is 370 g/mol. The Hall–Kier alpha value is -3.46. The second kappa shape index (κ2) is 6.45. The Morgan fingerprint density at radius 1 is 1.00 bits per heavy atom. The fourth-order valence-electron chi connectivity index (χ4n) is 2.28. The molecule has 0 unspecified atom stereocenters. The maximum atomic E-state index is 6.23. The van der Waals surface area contributed by atoms with E-state index >= 15 is 0 Å². The monoisotopic (exact) mass is 369 g/mol. The Kier molecular flexibility index (Phi) is 3.98. The van der Waals surface area contributed by atoms with Gasteiger partial charge in [-0.2, -0.15) is 19.9 Å². The van der Waals surface area contributed by atoms with Crippen molar-refractivity contribution in [2.75, 3.05) is 17.7 Å². The Morgan fingerprint density at radius 3 is 2.62 bits per heavy atom. The zero-order chi connectivity index (χ0) is 18.1. The van der Waals surface area contributed by atoms with Crippen molar-refractivity contribution in [3.63, 3.8) is 0 Å². The summed E-state index contributed by atoms with van der Waals surface area (Å²) in [6, 6.07) is 10.7. The summed E-state index contributed by atoms with van der Waals surface area (Å²) >= 11 is 6.23. The maximum absolute atomic E-state index is 6.23. The second-order valence-electron chi connectivity index (χ2n) is 5.23. The minimum absolute atomic E-state index is 0.0215. The molecule has 0 aliphatic rings. The molecule has 2 N–H and O–H groups in total. The number of aromatic nitrogens is 5. The average Bonchev–Trinajstić information content (AvgIpc) is 3.32. The van der Waals surface area contributed by atoms with Gasteiger partial charge in [0.15, 0.2) is 5.76 Å². The molecule has 3 aromatic heterocycles. The van der Waals surface area contributed by atoms with E-state index in [2.05, 4.69) is 25.1 Å². The predicted molar refractivity (Wildman–Crippen MR) is 94.7 cm³/mol. The number of hydrogen-bond acceptors (Lipinski definition) is 9. The van der Waals surface area contributed by atoms with Gasteiger partial charge in [-0.25, -0.2) is 0 Å². The first-order valence-corrected chi connectivity index (χ1v) is 7.87. The second-order valence-corrected chi connectivity index (χ2v) is 5.64. The minimum Gasteiger partial charge on any atom is -0.459 e. The molecule has 0 spiro atoms. The number of halogens is 1. The fourth-order valence-corrected chi connectivity index (χ4v) is 2.54. The summed E-state index contributed by atoms with van der Waals surface area (Å²) in [6.45, 7) is 0. The molecule has 0 aliphatic carbocycles. The SMILES string of the molecule is CN(c1nc(N)nc(-c2noc(-c3ccco3)n2)n1)c1ccccc1Cl. The molecule has 0 saturated heterocycles. The maximum Gasteiger partial charge on any atom is 0.294 e. The quantitative estimate of drug-likeness (QED) is 0.578. The van der Waals surface area contributed by atoms with Gasteiger partial charge in [-0.15, -0.1) is 0 Å². The van der Waals surface area contributed by atoms with Gasteiger partial charge in [-0.05, 0) is 24.3 Å². The topological polar surface area (TPSA) is 120 Å². The van der Waals surface area contributed by atoms with Crippen LogP contribution in [0.1, 0.15) is 0 Å². The first kappa shape index (κ1) is 16.0. The van der Waals surface area contributed by atoms with E-state index in [1.165, 1.54) is 6.26 Å². The molecule has 3 heterocycles. The van der Waals surface area contributed by atoms with Crippen molar-refractivity contribution in [2.45, 2.75) is 0 Å². The molecule has 1 aromatic carbocycles. The molecule has 0 radical (unpaired) electrons. The van der Waals surface area contributed by atoms with Crippen LogP contribution in [0, 0.1) is 0 Å². The van der Waals surface area contributed by atoms with Gasteiger partial charge in [0.05, 0.1) is 17.0 Å². The summed E-state index contributed by atoms with van der Waals surface area (Å²) in [5.74, 6) is 1.31. The number of para-hydroxylation sites is 1. The number of furan rings is 1. The first-order valence-electron chi connectivity index (χ1n) is 7.49. The van der Waals surface area contributed by atoms with Crippen LogP contribution >= 0.6 is 11.6 Å². The Labute approximate surface area is 152 Å². The lowest BCUT2D eigenvalue weighted by atomic mass is 10.3. The van der Waals surface area contributed by atoms with Gasteiger partial charge in [0, 0.05) is 7.05 Å². The molecule has 4 rings (SSSR count). The number of rotatable bonds is 4. The van der Waals surface area contributed by atoms with Crippen molar-refractivity contribution in [1.82, 2.24) is 25.1 Å². The molecular formula is C16H12ClN7O2. The van der Waals surface area contributed by atoms with Crippen molar-refractivity contribution in [2.24, 2.45) is 0 Å². The van der Waals surface area contributed by atoms with Crippen LogP contribution in [0.25, 0.3) is 23.3 Å². The smallest absolute Gasteiger partial charge is 0.294 e. The number of hydrogen-bond donors (Lipinski definition) is 1. The number of nitrogen functional groups attached to an aromatic ring is 1. The van der Waals surface area contributed by atoms with E-state index in [0.717, 1.165) is 5.69 Å². The van der Waals surface area contributed by atoms with Crippen LogP contribution in [0.15, 0.2) is 51.6 Å². The normalized spacial score (nSPS) is 10.8. The highest BCUT2D eigenvalue weighted by atomic mass is 35.5. The van der Waals surface area contributed by atoms with E-state index < -0.39 is 0 Å². The van der Waals surface area contributed by atoms with Crippen LogP contribution in [-0.2, 0) is 0 Å². The standard InChI is InChI=1S/C16H12ClN7O2/c1-24(10-6-3-2-5-9(10)17)16-21-12(20-15(18)22-16)13-19-14(26-23-13)11-7-4-8-25-11/h2-8H,1H3,(H2,18,20,21,22). The third-order valence-electron chi connectivity index (χ3n) is 3.51. The summed E-state index contributed by atoms with van der Waals surface area (Å²) in [7, 11) is 1.77. The van der Waals surface area contributed by atoms with Crippen molar-refractivity contribution < 1.29 is 8.94 Å². The van der Waals surface area contributed by atoms with Crippen LogP contribution in [0.5, 0.6) is 0 Å². The lowest BCUT2D eigenvalue weighted by molar-refractivity contribution is 0.416. The molecule has 9 nitrogen and oxygen atoms in total. The largest absolute Gasteiger partial charge is 0.459 e. The van der Waals surface area contributed by atoms with E-state index in [0.29, 0.717) is 16.7 Å². The highest BCUT2D eigenvalue weighted by Gasteiger charge is 2.18. The van der Waals surface area contributed by atoms with Gasteiger partial charge >= 0.3 is 0 Å². The van der Waals surface area contributed by atoms with Crippen LogP contribution in [0.4, 0.5) is 17.6 Å². The molecule has 4 aromatic rings. The van der Waals surface area contributed by atoms with Gasteiger partial charge in [-0.1, -0.05) is 28.9 Å². The zero-order valence-electron chi connectivity index (χ0n) is 13.5. The number of nitrogens with two attached hydrogens (primary N) is 1. The highest BCUT2D eigenvalue weighted by molar-refractivity contribution is 6.33. The molecule has 130 valence electrons. The van der Waals surface area contributed by atoms with Crippen molar-refractivity contribution in [3.8, 4) is 23.3 Å². The van der Waals surface area contributed by atoms with Crippen molar-refractivity contribution in [3.05, 3.63) is 47.7 Å². The minimum atomic E-state index is 0.0215. The molecule has 0 saturated carbocycles. The third-order valence-corrected chi connectivity index (χ3v) is 3.83. The number of anilines is 3. The Balaban J connectivity index is 1.72. The summed E-state index contributed by atoms with van der Waals surface area (Å²) in [5, 5.41) is 4.43. The molecule has 0 fully saturated rings. The van der Waals surface area contributed by atoms with Gasteiger partial charge in [-0.3, -0.25) is 0 Å². The molecule has 26 heavy (non-hydrogen) atoms. The van der Waals surface area contributed by atoms with Gasteiger partial charge < -0.3 is 19.6 Å².